The number of carbonyl (C=O) groups is 2. The third-order valence-corrected chi connectivity index (χ3v) is 6.25. The van der Waals surface area contributed by atoms with Crippen molar-refractivity contribution in [3.63, 3.8) is 0 Å². The van der Waals surface area contributed by atoms with Crippen molar-refractivity contribution in [2.75, 3.05) is 0 Å². The zero-order chi connectivity index (χ0) is 16.0. The largest absolute Gasteiger partial charge is 0.294 e. The summed E-state index contributed by atoms with van der Waals surface area (Å²) in [5.41, 5.74) is 4.07. The summed E-state index contributed by atoms with van der Waals surface area (Å²) in [6.45, 7) is 3.73. The van der Waals surface area contributed by atoms with E-state index in [9.17, 15) is 9.59 Å². The van der Waals surface area contributed by atoms with E-state index in [-0.39, 0.29) is 17.5 Å². The Morgan fingerprint density at radius 3 is 1.96 bits per heavy atom. The van der Waals surface area contributed by atoms with Gasteiger partial charge >= 0.3 is 0 Å². The van der Waals surface area contributed by atoms with E-state index in [0.29, 0.717) is 5.57 Å². The summed E-state index contributed by atoms with van der Waals surface area (Å²) in [7, 11) is 0. The van der Waals surface area contributed by atoms with Gasteiger partial charge in [-0.2, -0.15) is 0 Å². The standard InChI is InChI=1S/C21H16O2/c1-12-11-17(22)20(2)19(18(12)23)21(20)15-9-5-3-7-13(15)14-8-4-6-10-16(14)21/h3-11,19H,1-2H3. The number of hydrogen-bond donors (Lipinski definition) is 0. The van der Waals surface area contributed by atoms with Gasteiger partial charge in [0, 0.05) is 5.41 Å². The first-order valence-electron chi connectivity index (χ1n) is 8.01. The highest BCUT2D eigenvalue weighted by Gasteiger charge is 2.83. The fraction of sp³-hybridized carbons (Fsp3) is 0.238. The van der Waals surface area contributed by atoms with Crippen molar-refractivity contribution in [3.05, 3.63) is 71.3 Å². The Hall–Kier alpha value is -2.48. The molecule has 2 nitrogen and oxygen atoms in total. The molecule has 0 saturated heterocycles. The third-order valence-electron chi connectivity index (χ3n) is 6.25. The molecule has 0 radical (unpaired) electrons. The second-order valence-corrected chi connectivity index (χ2v) is 7.09. The molecule has 23 heavy (non-hydrogen) atoms. The second kappa shape index (κ2) is 3.70. The van der Waals surface area contributed by atoms with Crippen LogP contribution in [0.2, 0.25) is 0 Å². The van der Waals surface area contributed by atoms with E-state index in [1.165, 1.54) is 0 Å². The van der Waals surface area contributed by atoms with Crippen LogP contribution in [-0.4, -0.2) is 11.6 Å². The molecule has 0 heterocycles. The van der Waals surface area contributed by atoms with Crippen LogP contribution in [0.5, 0.6) is 0 Å². The maximum absolute atomic E-state index is 12.9. The van der Waals surface area contributed by atoms with Crippen LogP contribution in [0, 0.1) is 11.3 Å². The summed E-state index contributed by atoms with van der Waals surface area (Å²) in [4.78, 5) is 25.7. The van der Waals surface area contributed by atoms with E-state index >= 15 is 0 Å². The van der Waals surface area contributed by atoms with E-state index in [1.807, 2.05) is 31.2 Å². The average molecular weight is 300 g/mol. The van der Waals surface area contributed by atoms with Crippen molar-refractivity contribution in [3.8, 4) is 11.1 Å². The van der Waals surface area contributed by atoms with Gasteiger partial charge in [-0.05, 0) is 40.8 Å². The van der Waals surface area contributed by atoms with Crippen LogP contribution in [0.4, 0.5) is 0 Å². The van der Waals surface area contributed by atoms with Crippen molar-refractivity contribution in [1.29, 1.82) is 0 Å². The van der Waals surface area contributed by atoms with Crippen LogP contribution in [0.15, 0.2) is 60.2 Å². The first-order chi connectivity index (χ1) is 11.0. The monoisotopic (exact) mass is 300 g/mol. The lowest BCUT2D eigenvalue weighted by Gasteiger charge is -2.18. The van der Waals surface area contributed by atoms with Crippen molar-refractivity contribution in [2.24, 2.45) is 11.3 Å². The zero-order valence-corrected chi connectivity index (χ0v) is 13.1. The molecule has 2 aromatic carbocycles. The molecular weight excluding hydrogens is 284 g/mol. The lowest BCUT2D eigenvalue weighted by atomic mass is 9.82. The molecule has 2 atom stereocenters. The van der Waals surface area contributed by atoms with E-state index in [4.69, 9.17) is 0 Å². The number of ketones is 2. The molecule has 1 fully saturated rings. The predicted octanol–water partition coefficient (Wildman–Crippen LogP) is 3.69. The highest BCUT2D eigenvalue weighted by Crippen LogP contribution is 2.78. The fourth-order valence-corrected chi connectivity index (χ4v) is 5.20. The lowest BCUT2D eigenvalue weighted by Crippen LogP contribution is -2.24. The van der Waals surface area contributed by atoms with Crippen molar-refractivity contribution >= 4 is 11.6 Å². The minimum absolute atomic E-state index is 0.0890. The first-order valence-corrected chi connectivity index (χ1v) is 8.01. The molecule has 0 N–H and O–H groups in total. The Morgan fingerprint density at radius 2 is 1.39 bits per heavy atom. The topological polar surface area (TPSA) is 34.1 Å². The minimum Gasteiger partial charge on any atom is -0.294 e. The molecule has 3 aliphatic carbocycles. The first kappa shape index (κ1) is 13.0. The summed E-state index contributed by atoms with van der Waals surface area (Å²) >= 11 is 0. The summed E-state index contributed by atoms with van der Waals surface area (Å²) in [5.74, 6) is -0.0537. The maximum atomic E-state index is 12.9. The molecule has 3 aliphatic rings. The van der Waals surface area contributed by atoms with Gasteiger partial charge in [0.15, 0.2) is 11.6 Å². The molecule has 2 heteroatoms. The van der Waals surface area contributed by atoms with Gasteiger partial charge < -0.3 is 0 Å². The molecule has 5 rings (SSSR count). The predicted molar refractivity (Wildman–Crippen MR) is 88.0 cm³/mol. The summed E-state index contributed by atoms with van der Waals surface area (Å²) in [6.07, 6.45) is 1.55. The number of rotatable bonds is 0. The van der Waals surface area contributed by atoms with Crippen LogP contribution in [0.25, 0.3) is 11.1 Å². The smallest absolute Gasteiger partial charge is 0.164 e. The average Bonchev–Trinajstić information content (AvgIpc) is 3.03. The van der Waals surface area contributed by atoms with E-state index < -0.39 is 10.8 Å². The lowest BCUT2D eigenvalue weighted by molar-refractivity contribution is -0.125. The highest BCUT2D eigenvalue weighted by molar-refractivity contribution is 6.20. The van der Waals surface area contributed by atoms with E-state index in [2.05, 4.69) is 24.3 Å². The van der Waals surface area contributed by atoms with Gasteiger partial charge in [0.1, 0.15) is 0 Å². The van der Waals surface area contributed by atoms with Gasteiger partial charge in [0.25, 0.3) is 0 Å². The number of Topliss-reactive ketones (excluding diaryl/α,β-unsaturated/α-hetero) is 1. The van der Waals surface area contributed by atoms with Crippen molar-refractivity contribution < 1.29 is 9.59 Å². The highest BCUT2D eigenvalue weighted by atomic mass is 16.1. The Balaban J connectivity index is 1.90. The van der Waals surface area contributed by atoms with Crippen LogP contribution >= 0.6 is 0 Å². The Bertz CT molecular complexity index is 904. The maximum Gasteiger partial charge on any atom is 0.164 e. The molecule has 0 bridgehead atoms. The number of hydrogen-bond acceptors (Lipinski definition) is 2. The molecule has 1 spiro atoms. The third kappa shape index (κ3) is 1.14. The SMILES string of the molecule is CC1=CC(=O)C2(C)C(C1=O)C21c2ccccc2-c2ccccc21. The van der Waals surface area contributed by atoms with Gasteiger partial charge in [-0.1, -0.05) is 55.5 Å². The number of benzene rings is 2. The number of carbonyl (C=O) groups excluding carboxylic acids is 2. The normalized spacial score (nSPS) is 29.0. The van der Waals surface area contributed by atoms with Crippen LogP contribution in [-0.2, 0) is 15.0 Å². The summed E-state index contributed by atoms with van der Waals surface area (Å²) < 4.78 is 0. The van der Waals surface area contributed by atoms with Gasteiger partial charge in [-0.25, -0.2) is 0 Å². The van der Waals surface area contributed by atoms with Gasteiger partial charge in [-0.3, -0.25) is 9.59 Å². The van der Waals surface area contributed by atoms with Gasteiger partial charge in [0.2, 0.25) is 0 Å². The molecule has 2 aromatic rings. The fourth-order valence-electron chi connectivity index (χ4n) is 5.20. The van der Waals surface area contributed by atoms with Crippen molar-refractivity contribution in [2.45, 2.75) is 19.3 Å². The summed E-state index contributed by atoms with van der Waals surface area (Å²) in [5, 5.41) is 0. The van der Waals surface area contributed by atoms with Gasteiger partial charge in [0.05, 0.1) is 11.3 Å². The van der Waals surface area contributed by atoms with Crippen LogP contribution < -0.4 is 0 Å². The molecule has 0 amide bonds. The Morgan fingerprint density at radius 1 is 0.870 bits per heavy atom. The van der Waals surface area contributed by atoms with Crippen molar-refractivity contribution in [1.82, 2.24) is 0 Å². The summed E-state index contributed by atoms with van der Waals surface area (Å²) in [6, 6.07) is 16.5. The molecule has 2 unspecified atom stereocenters. The Labute approximate surface area is 134 Å². The second-order valence-electron chi connectivity index (χ2n) is 7.09. The number of fused-ring (bicyclic) bond motifs is 8. The molecule has 112 valence electrons. The van der Waals surface area contributed by atoms with Gasteiger partial charge in [-0.15, -0.1) is 0 Å². The quantitative estimate of drug-likeness (QED) is 0.743. The molecular formula is C21H16O2. The van der Waals surface area contributed by atoms with Crippen LogP contribution in [0.3, 0.4) is 0 Å². The Kier molecular flexibility index (Phi) is 2.09. The molecule has 0 aliphatic heterocycles. The van der Waals surface area contributed by atoms with E-state index in [0.717, 1.165) is 22.3 Å². The molecule has 1 saturated carbocycles. The minimum atomic E-state index is -0.647. The molecule has 0 aromatic heterocycles. The number of allylic oxidation sites excluding steroid dienone is 2. The van der Waals surface area contributed by atoms with Crippen LogP contribution in [0.1, 0.15) is 25.0 Å². The zero-order valence-electron chi connectivity index (χ0n) is 13.1. The van der Waals surface area contributed by atoms with E-state index in [1.54, 1.807) is 13.0 Å².